The molecule has 1 saturated carbocycles. The molecule has 156 valence electrons. The van der Waals surface area contributed by atoms with E-state index in [1.807, 2.05) is 19.1 Å². The number of carbonyl (C=O) groups excluding carboxylic acids is 1. The third-order valence-corrected chi connectivity index (χ3v) is 6.95. The predicted molar refractivity (Wildman–Crippen MR) is 114 cm³/mol. The van der Waals surface area contributed by atoms with Crippen molar-refractivity contribution in [3.05, 3.63) is 44.4 Å². The number of thiophene rings is 1. The minimum absolute atomic E-state index is 0.0411. The van der Waals surface area contributed by atoms with Crippen molar-refractivity contribution in [1.29, 1.82) is 0 Å². The van der Waals surface area contributed by atoms with E-state index in [0.29, 0.717) is 13.0 Å². The SMILES string of the molecule is Cc1ccc(C(=O)NCC2CCCCN2c2ccc(=O)n(C3CCCC3O)n2)s1. The van der Waals surface area contributed by atoms with Crippen molar-refractivity contribution in [2.45, 2.75) is 63.6 Å². The smallest absolute Gasteiger partial charge is 0.267 e. The monoisotopic (exact) mass is 416 g/mol. The van der Waals surface area contributed by atoms with Gasteiger partial charge in [0.1, 0.15) is 5.82 Å². The Morgan fingerprint density at radius 3 is 2.79 bits per heavy atom. The van der Waals surface area contributed by atoms with Gasteiger partial charge in [0, 0.05) is 30.1 Å². The number of aryl methyl sites for hydroxylation is 1. The van der Waals surface area contributed by atoms with Gasteiger partial charge in [-0.15, -0.1) is 11.3 Å². The fraction of sp³-hybridized carbons (Fsp3) is 0.571. The summed E-state index contributed by atoms with van der Waals surface area (Å²) in [6, 6.07) is 7.03. The zero-order valence-electron chi connectivity index (χ0n) is 16.7. The van der Waals surface area contributed by atoms with E-state index in [1.54, 1.807) is 12.1 Å². The van der Waals surface area contributed by atoms with E-state index in [4.69, 9.17) is 0 Å². The molecular weight excluding hydrogens is 388 g/mol. The molecule has 1 aliphatic carbocycles. The molecule has 0 radical (unpaired) electrons. The molecule has 0 bridgehead atoms. The first-order valence-corrected chi connectivity index (χ1v) is 11.2. The second-order valence-corrected chi connectivity index (χ2v) is 9.29. The molecule has 7 nitrogen and oxygen atoms in total. The van der Waals surface area contributed by atoms with Crippen LogP contribution in [0.1, 0.15) is 59.1 Å². The predicted octanol–water partition coefficient (Wildman–Crippen LogP) is 2.49. The molecule has 3 heterocycles. The molecule has 8 heteroatoms. The summed E-state index contributed by atoms with van der Waals surface area (Å²) >= 11 is 1.50. The summed E-state index contributed by atoms with van der Waals surface area (Å²) < 4.78 is 1.46. The van der Waals surface area contributed by atoms with Gasteiger partial charge in [-0.1, -0.05) is 0 Å². The lowest BCUT2D eigenvalue weighted by molar-refractivity contribution is 0.0953. The van der Waals surface area contributed by atoms with Crippen LogP contribution in [0.5, 0.6) is 0 Å². The highest BCUT2D eigenvalue weighted by Crippen LogP contribution is 2.29. The second-order valence-electron chi connectivity index (χ2n) is 8.00. The molecule has 2 aliphatic rings. The molecule has 29 heavy (non-hydrogen) atoms. The Morgan fingerprint density at radius 2 is 2.07 bits per heavy atom. The minimum Gasteiger partial charge on any atom is -0.391 e. The molecule has 0 spiro atoms. The van der Waals surface area contributed by atoms with Crippen molar-refractivity contribution >= 4 is 23.1 Å². The van der Waals surface area contributed by atoms with Gasteiger partial charge in [0.15, 0.2) is 0 Å². The average Bonchev–Trinajstić information content (AvgIpc) is 3.35. The molecular formula is C21H28N4O3S. The largest absolute Gasteiger partial charge is 0.391 e. The van der Waals surface area contributed by atoms with Gasteiger partial charge >= 0.3 is 0 Å². The summed E-state index contributed by atoms with van der Waals surface area (Å²) in [5.41, 5.74) is -0.172. The maximum Gasteiger partial charge on any atom is 0.267 e. The number of anilines is 1. The Labute approximate surface area is 174 Å². The van der Waals surface area contributed by atoms with Crippen molar-refractivity contribution in [2.24, 2.45) is 0 Å². The van der Waals surface area contributed by atoms with E-state index in [9.17, 15) is 14.7 Å². The molecule has 1 saturated heterocycles. The molecule has 4 rings (SSSR count). The number of rotatable bonds is 5. The van der Waals surface area contributed by atoms with Gasteiger partial charge in [-0.05, 0) is 63.6 Å². The van der Waals surface area contributed by atoms with Crippen molar-refractivity contribution in [3.8, 4) is 0 Å². The lowest BCUT2D eigenvalue weighted by Crippen LogP contribution is -2.47. The van der Waals surface area contributed by atoms with E-state index in [0.717, 1.165) is 54.2 Å². The van der Waals surface area contributed by atoms with Crippen LogP contribution in [0, 0.1) is 6.92 Å². The fourth-order valence-corrected chi connectivity index (χ4v) is 5.16. The summed E-state index contributed by atoms with van der Waals surface area (Å²) in [5.74, 6) is 0.704. The Kier molecular flexibility index (Phi) is 6.01. The zero-order chi connectivity index (χ0) is 20.4. The van der Waals surface area contributed by atoms with Crippen LogP contribution in [0.15, 0.2) is 29.1 Å². The Hall–Kier alpha value is -2.19. The second kappa shape index (κ2) is 8.67. The van der Waals surface area contributed by atoms with Gasteiger partial charge < -0.3 is 15.3 Å². The fourth-order valence-electron chi connectivity index (χ4n) is 4.38. The number of aliphatic hydroxyl groups excluding tert-OH is 1. The molecule has 3 unspecified atom stereocenters. The van der Waals surface area contributed by atoms with Crippen LogP contribution in [0.4, 0.5) is 5.82 Å². The number of carbonyl (C=O) groups is 1. The molecule has 0 aromatic carbocycles. The standard InChI is InChI=1S/C21H28N4O3S/c1-14-8-9-18(29-14)21(28)22-13-15-5-2-3-12-24(15)19-10-11-20(27)25(23-19)16-6-4-7-17(16)26/h8-11,15-17,26H,2-7,12-13H2,1H3,(H,22,28). The van der Waals surface area contributed by atoms with Gasteiger partial charge in [0.2, 0.25) is 0 Å². The number of amides is 1. The molecule has 2 fully saturated rings. The van der Waals surface area contributed by atoms with Crippen molar-refractivity contribution < 1.29 is 9.90 Å². The van der Waals surface area contributed by atoms with Crippen LogP contribution in [0.2, 0.25) is 0 Å². The highest BCUT2D eigenvalue weighted by molar-refractivity contribution is 7.13. The lowest BCUT2D eigenvalue weighted by Gasteiger charge is -2.37. The number of aromatic nitrogens is 2. The van der Waals surface area contributed by atoms with Crippen LogP contribution in [-0.2, 0) is 0 Å². The van der Waals surface area contributed by atoms with Gasteiger partial charge in [0.25, 0.3) is 11.5 Å². The molecule has 1 amide bonds. The number of hydrogen-bond donors (Lipinski definition) is 2. The number of nitrogens with zero attached hydrogens (tertiary/aromatic N) is 3. The van der Waals surface area contributed by atoms with E-state index < -0.39 is 6.10 Å². The van der Waals surface area contributed by atoms with E-state index in [1.165, 1.54) is 16.0 Å². The van der Waals surface area contributed by atoms with Gasteiger partial charge in [0.05, 0.1) is 17.0 Å². The van der Waals surface area contributed by atoms with Crippen molar-refractivity contribution in [1.82, 2.24) is 15.1 Å². The van der Waals surface area contributed by atoms with Gasteiger partial charge in [-0.2, -0.15) is 5.10 Å². The molecule has 2 aromatic heterocycles. The summed E-state index contributed by atoms with van der Waals surface area (Å²) in [6.07, 6.45) is 5.01. The minimum atomic E-state index is -0.513. The van der Waals surface area contributed by atoms with Crippen LogP contribution < -0.4 is 15.8 Å². The number of aliphatic hydroxyl groups is 1. The third kappa shape index (κ3) is 4.38. The first-order valence-electron chi connectivity index (χ1n) is 10.4. The Bertz CT molecular complexity index is 925. The van der Waals surface area contributed by atoms with Gasteiger partial charge in [-0.3, -0.25) is 9.59 Å². The number of nitrogens with one attached hydrogen (secondary N) is 1. The number of hydrogen-bond acceptors (Lipinski definition) is 6. The Balaban J connectivity index is 1.50. The molecule has 1 aliphatic heterocycles. The summed E-state index contributed by atoms with van der Waals surface area (Å²) in [5, 5.41) is 17.9. The highest BCUT2D eigenvalue weighted by atomic mass is 32.1. The van der Waals surface area contributed by atoms with Crippen LogP contribution >= 0.6 is 11.3 Å². The maximum atomic E-state index is 12.4. The quantitative estimate of drug-likeness (QED) is 0.782. The van der Waals surface area contributed by atoms with Crippen LogP contribution in [-0.4, -0.2) is 46.0 Å². The van der Waals surface area contributed by atoms with Crippen molar-refractivity contribution in [3.63, 3.8) is 0 Å². The van der Waals surface area contributed by atoms with E-state index in [2.05, 4.69) is 15.3 Å². The molecule has 2 N–H and O–H groups in total. The number of piperidine rings is 1. The third-order valence-electron chi connectivity index (χ3n) is 5.95. The first kappa shape index (κ1) is 20.1. The lowest BCUT2D eigenvalue weighted by atomic mass is 10.0. The zero-order valence-corrected chi connectivity index (χ0v) is 17.5. The Morgan fingerprint density at radius 1 is 1.21 bits per heavy atom. The first-order chi connectivity index (χ1) is 14.0. The molecule has 3 atom stereocenters. The highest BCUT2D eigenvalue weighted by Gasteiger charge is 2.30. The van der Waals surface area contributed by atoms with Gasteiger partial charge in [-0.25, -0.2) is 4.68 Å². The van der Waals surface area contributed by atoms with Crippen molar-refractivity contribution in [2.75, 3.05) is 18.0 Å². The average molecular weight is 417 g/mol. The van der Waals surface area contributed by atoms with E-state index >= 15 is 0 Å². The normalized spacial score (nSPS) is 24.6. The topological polar surface area (TPSA) is 87.5 Å². The van der Waals surface area contributed by atoms with Crippen LogP contribution in [0.3, 0.4) is 0 Å². The molecule has 2 aromatic rings. The summed E-state index contributed by atoms with van der Waals surface area (Å²) in [4.78, 5) is 28.8. The maximum absolute atomic E-state index is 12.4. The summed E-state index contributed by atoms with van der Waals surface area (Å²) in [6.45, 7) is 3.38. The van der Waals surface area contributed by atoms with E-state index in [-0.39, 0.29) is 23.6 Å². The summed E-state index contributed by atoms with van der Waals surface area (Å²) in [7, 11) is 0. The van der Waals surface area contributed by atoms with Crippen LogP contribution in [0.25, 0.3) is 0 Å².